The van der Waals surface area contributed by atoms with Crippen LogP contribution in [0, 0.1) is 101 Å². The van der Waals surface area contributed by atoms with E-state index in [4.69, 9.17) is 37.5 Å². The molecular weight excluding hydrogens is 1410 g/mol. The zero-order chi connectivity index (χ0) is 81.6. The van der Waals surface area contributed by atoms with Gasteiger partial charge in [0.15, 0.2) is 6.29 Å². The number of likely N-dealkylation sites (N-methyl/N-ethyl adjacent to an activating group) is 1. The molecule has 25 unspecified atom stereocenters. The molecule has 16 heteroatoms. The molecule has 1 saturated carbocycles. The third-order valence-electron chi connectivity index (χ3n) is 27.3. The molecule has 2 saturated heterocycles. The second-order valence-electron chi connectivity index (χ2n) is 39.3. The molecule has 25 atom stereocenters. The molecule has 2 heterocycles. The monoisotopic (exact) mass is 1600 g/mol. The molecule has 0 spiro atoms. The molecular formula is C95H188NO14P. The van der Waals surface area contributed by atoms with Gasteiger partial charge in [0.2, 0.25) is 0 Å². The first-order valence-corrected chi connectivity index (χ1v) is 49.2. The van der Waals surface area contributed by atoms with Crippen LogP contribution < -0.4 is 5.32 Å². The molecule has 3 fully saturated rings. The summed E-state index contributed by atoms with van der Waals surface area (Å²) in [6, 6.07) is 0. The lowest BCUT2D eigenvalue weighted by atomic mass is 9.85. The van der Waals surface area contributed by atoms with Crippen molar-refractivity contribution in [3.63, 3.8) is 0 Å². The first-order chi connectivity index (χ1) is 53.1. The Bertz CT molecular complexity index is 2170. The van der Waals surface area contributed by atoms with Crippen LogP contribution in [0.25, 0.3) is 0 Å². The summed E-state index contributed by atoms with van der Waals surface area (Å²) < 4.78 is 60.3. The van der Waals surface area contributed by atoms with Crippen LogP contribution in [-0.2, 0) is 42.0 Å². The zero-order valence-corrected chi connectivity index (χ0v) is 76.5. The number of hydrogen-bond acceptors (Lipinski definition) is 14. The largest absolute Gasteiger partial charge is 0.472 e. The summed E-state index contributed by atoms with van der Waals surface area (Å²) >= 11 is 0. The van der Waals surface area contributed by atoms with Crippen molar-refractivity contribution in [2.24, 2.45) is 101 Å². The highest BCUT2D eigenvalue weighted by molar-refractivity contribution is 7.47. The van der Waals surface area contributed by atoms with Gasteiger partial charge >= 0.3 is 7.82 Å². The Hall–Kier alpha value is -0.330. The van der Waals surface area contributed by atoms with Crippen molar-refractivity contribution in [1.29, 1.82) is 0 Å². The predicted molar refractivity (Wildman–Crippen MR) is 464 cm³/mol. The summed E-state index contributed by atoms with van der Waals surface area (Å²) in [5, 5.41) is 44.2. The van der Waals surface area contributed by atoms with Gasteiger partial charge in [0.05, 0.1) is 39.6 Å². The minimum absolute atomic E-state index is 0.0386. The number of ether oxygens (including phenoxy) is 6. The smallest absolute Gasteiger partial charge is 0.394 e. The summed E-state index contributed by atoms with van der Waals surface area (Å²) in [5.74, 6) is 12.7. The third kappa shape index (κ3) is 53.8. The van der Waals surface area contributed by atoms with Crippen molar-refractivity contribution < 1.29 is 67.4 Å². The second-order valence-corrected chi connectivity index (χ2v) is 40.8. The molecule has 0 aromatic rings. The molecule has 15 nitrogen and oxygen atoms in total. The van der Waals surface area contributed by atoms with E-state index in [0.717, 1.165) is 103 Å². The number of phosphoric ester groups is 1. The van der Waals surface area contributed by atoms with Gasteiger partial charge in [-0.05, 0) is 146 Å². The molecule has 111 heavy (non-hydrogen) atoms. The molecule has 662 valence electrons. The molecule has 0 aromatic carbocycles. The lowest BCUT2D eigenvalue weighted by Gasteiger charge is -2.40. The van der Waals surface area contributed by atoms with Crippen LogP contribution in [0.15, 0.2) is 0 Å². The highest BCUT2D eigenvalue weighted by Gasteiger charge is 2.44. The minimum Gasteiger partial charge on any atom is -0.394 e. The average molecular weight is 1600 g/mol. The fourth-order valence-corrected chi connectivity index (χ4v) is 18.9. The van der Waals surface area contributed by atoms with Gasteiger partial charge in [0, 0.05) is 33.0 Å². The zero-order valence-electron chi connectivity index (χ0n) is 75.6. The molecule has 0 amide bonds. The number of nitrogens with one attached hydrogen (secondary N) is 1. The SMILES string of the molecule is CNCCOP(=O)(O)OCC1COCCC(C)CCCC(C)CCCC(C)CCCC(C)CCC(C)CCCC(C)CCCC(C)CCCC(C)CCOC(COC2OC(CO)C(O)C(O)C2O)COCCC(C)CCC(C)CCCCC(C)CCCC(C)CCC(C)CCCC(C)C2CCC(CCCC(C)CCO1)C2. The Morgan fingerprint density at radius 1 is 0.360 bits per heavy atom. The van der Waals surface area contributed by atoms with E-state index >= 15 is 0 Å². The van der Waals surface area contributed by atoms with Crippen LogP contribution in [0.5, 0.6) is 0 Å². The van der Waals surface area contributed by atoms with E-state index < -0.39 is 57.3 Å². The van der Waals surface area contributed by atoms with Crippen LogP contribution in [0.2, 0.25) is 0 Å². The number of fused-ring (bicyclic) bond motifs is 2. The number of aliphatic hydroxyl groups excluding tert-OH is 4. The first kappa shape index (κ1) is 105. The van der Waals surface area contributed by atoms with Gasteiger partial charge in [-0.3, -0.25) is 9.05 Å². The fraction of sp³-hybridized carbons (Fsp3) is 1.00. The summed E-state index contributed by atoms with van der Waals surface area (Å²) in [5.41, 5.74) is 0. The van der Waals surface area contributed by atoms with Gasteiger partial charge in [0.25, 0.3) is 0 Å². The maximum absolute atomic E-state index is 12.7. The Kier molecular flexibility index (Phi) is 61.0. The summed E-state index contributed by atoms with van der Waals surface area (Å²) in [7, 11) is -2.42. The van der Waals surface area contributed by atoms with Crippen LogP contribution >= 0.6 is 7.82 Å². The van der Waals surface area contributed by atoms with Crippen molar-refractivity contribution in [3.8, 4) is 0 Å². The van der Waals surface area contributed by atoms with E-state index in [9.17, 15) is 29.9 Å². The predicted octanol–water partition coefficient (Wildman–Crippen LogP) is 23.9. The molecule has 1 aliphatic carbocycles. The van der Waals surface area contributed by atoms with Crippen LogP contribution in [0.3, 0.4) is 0 Å². The number of rotatable bonds is 11. The van der Waals surface area contributed by atoms with E-state index in [1.54, 1.807) is 7.05 Å². The summed E-state index contributed by atoms with van der Waals surface area (Å²) in [6.45, 7) is 39.9. The Morgan fingerprint density at radius 3 is 1.06 bits per heavy atom. The maximum Gasteiger partial charge on any atom is 0.472 e. The van der Waals surface area contributed by atoms with Gasteiger partial charge in [-0.1, -0.05) is 348 Å². The van der Waals surface area contributed by atoms with E-state index in [1.807, 2.05) is 0 Å². The van der Waals surface area contributed by atoms with Gasteiger partial charge in [-0.25, -0.2) is 4.57 Å². The van der Waals surface area contributed by atoms with Crippen LogP contribution in [0.4, 0.5) is 0 Å². The molecule has 3 rings (SSSR count). The average Bonchev–Trinajstić information content (AvgIpc) is 1.54. The number of phosphoric acid groups is 1. The molecule has 3 aliphatic rings. The van der Waals surface area contributed by atoms with Gasteiger partial charge in [0.1, 0.15) is 36.6 Å². The summed E-state index contributed by atoms with van der Waals surface area (Å²) in [6.07, 6.45) is 49.6. The minimum atomic E-state index is -4.20. The van der Waals surface area contributed by atoms with Crippen molar-refractivity contribution in [2.75, 3.05) is 79.7 Å². The number of hydrogen-bond donors (Lipinski definition) is 6. The van der Waals surface area contributed by atoms with Gasteiger partial charge in [-0.15, -0.1) is 0 Å². The third-order valence-corrected chi connectivity index (χ3v) is 28.3. The van der Waals surface area contributed by atoms with Crippen molar-refractivity contribution in [3.05, 3.63) is 0 Å². The lowest BCUT2D eigenvalue weighted by Crippen LogP contribution is -2.59. The normalized spacial score (nSPS) is 37.7. The van der Waals surface area contributed by atoms with E-state index in [2.05, 4.69) is 109 Å². The summed E-state index contributed by atoms with van der Waals surface area (Å²) in [4.78, 5) is 10.4. The fourth-order valence-electron chi connectivity index (χ4n) is 18.1. The molecule has 0 aromatic heterocycles. The van der Waals surface area contributed by atoms with E-state index in [0.29, 0.717) is 69.9 Å². The Labute approximate surface area is 686 Å². The first-order valence-electron chi connectivity index (χ1n) is 47.7. The lowest BCUT2D eigenvalue weighted by molar-refractivity contribution is -0.306. The maximum atomic E-state index is 12.7. The topological polar surface area (TPSA) is 204 Å². The van der Waals surface area contributed by atoms with Crippen LogP contribution in [0.1, 0.15) is 386 Å². The van der Waals surface area contributed by atoms with E-state index in [-0.39, 0.29) is 19.8 Å². The van der Waals surface area contributed by atoms with Crippen molar-refractivity contribution in [1.82, 2.24) is 5.32 Å². The Morgan fingerprint density at radius 2 is 0.685 bits per heavy atom. The molecule has 2 bridgehead atoms. The molecule has 2 aliphatic heterocycles. The standard InChI is InChI=1S/C95H188NO14P/c1-72-28-17-18-29-77(6)52-53-85(14)57-62-103-68-89(70-107-95-94(100)93(99)92(98)91(67-97)110-95)105-63-58-83(12)43-25-38-76(5)34-20-32-74(3)36-23-41-80(9)49-48-79(8)40-22-35-73(2)31-19-33-75(4)37-24-42-82(11)56-61-104-69-90(71-109-111(101,102)108-65-60-96-16)106-64-59-84(13)45-27-47-87-54-55-88(66-87)86(15)46-26-44-81(10)51-50-78(7)39-21-30-72/h72-100H,17-71H2,1-16H3,(H,101,102). The van der Waals surface area contributed by atoms with E-state index in [1.165, 1.54) is 257 Å². The van der Waals surface area contributed by atoms with Crippen molar-refractivity contribution >= 4 is 7.82 Å². The highest BCUT2D eigenvalue weighted by Crippen LogP contribution is 2.44. The molecule has 6 N–H and O–H groups in total. The van der Waals surface area contributed by atoms with Crippen LogP contribution in [-0.4, -0.2) is 148 Å². The van der Waals surface area contributed by atoms with Crippen molar-refractivity contribution in [2.45, 2.75) is 429 Å². The second kappa shape index (κ2) is 64.5. The number of aliphatic hydroxyl groups is 4. The molecule has 0 radical (unpaired) electrons. The highest BCUT2D eigenvalue weighted by atomic mass is 31.2. The Balaban J connectivity index is 1.47. The van der Waals surface area contributed by atoms with Gasteiger partial charge in [-0.2, -0.15) is 0 Å². The van der Waals surface area contributed by atoms with Gasteiger partial charge < -0.3 is 59.1 Å². The quantitative estimate of drug-likeness (QED) is 0.0841.